The minimum atomic E-state index is -1.06. The second-order valence-corrected chi connectivity index (χ2v) is 5.35. The first-order valence-corrected chi connectivity index (χ1v) is 6.90. The molecule has 1 unspecified atom stereocenters. The lowest BCUT2D eigenvalue weighted by molar-refractivity contribution is -0.117. The maximum atomic E-state index is 12.4. The van der Waals surface area contributed by atoms with E-state index >= 15 is 0 Å². The first-order chi connectivity index (χ1) is 10.2. The quantitative estimate of drug-likeness (QED) is 0.834. The van der Waals surface area contributed by atoms with Gasteiger partial charge in [-0.2, -0.15) is 0 Å². The largest absolute Gasteiger partial charge is 0.477 e. The van der Waals surface area contributed by atoms with Gasteiger partial charge in [-0.25, -0.2) is 9.78 Å². The zero-order valence-electron chi connectivity index (χ0n) is 11.2. The van der Waals surface area contributed by atoms with E-state index in [1.54, 1.807) is 6.07 Å². The fraction of sp³-hybridized carbons (Fsp3) is 0.267. The molecule has 0 radical (unpaired) electrons. The molecule has 6 nitrogen and oxygen atoms in total. The van der Waals surface area contributed by atoms with Crippen LogP contribution in [0.25, 0.3) is 10.9 Å². The number of para-hydroxylation sites is 1. The van der Waals surface area contributed by atoms with Crippen LogP contribution in [-0.2, 0) is 4.79 Å². The highest BCUT2D eigenvalue weighted by Gasteiger charge is 2.39. The van der Waals surface area contributed by atoms with Crippen LogP contribution in [0, 0.1) is 0 Å². The summed E-state index contributed by atoms with van der Waals surface area (Å²) in [4.78, 5) is 30.4. The van der Waals surface area contributed by atoms with Crippen molar-refractivity contribution >= 4 is 34.3 Å². The number of aromatic nitrogens is 1. The second kappa shape index (κ2) is 4.18. The van der Waals surface area contributed by atoms with Crippen LogP contribution in [0.3, 0.4) is 0 Å². The Bertz CT molecular complexity index is 787. The van der Waals surface area contributed by atoms with Crippen molar-refractivity contribution in [3.63, 3.8) is 0 Å². The number of hydrogen-bond acceptors (Lipinski definition) is 4. The molecule has 1 atom stereocenters. The van der Waals surface area contributed by atoms with E-state index in [9.17, 15) is 14.7 Å². The van der Waals surface area contributed by atoms with E-state index in [-0.39, 0.29) is 17.5 Å². The first-order valence-electron chi connectivity index (χ1n) is 6.90. The normalized spacial score (nSPS) is 20.1. The Hall–Kier alpha value is -2.63. The molecule has 6 heteroatoms. The number of rotatable bonds is 1. The Labute approximate surface area is 120 Å². The Balaban J connectivity index is 2.11. The van der Waals surface area contributed by atoms with E-state index in [0.717, 1.165) is 12.8 Å². The number of hydrogen-bond donors (Lipinski definition) is 2. The maximum Gasteiger partial charge on any atom is 0.341 e. The molecule has 0 spiro atoms. The van der Waals surface area contributed by atoms with Gasteiger partial charge in [0.05, 0.1) is 11.2 Å². The van der Waals surface area contributed by atoms with Gasteiger partial charge >= 0.3 is 5.97 Å². The van der Waals surface area contributed by atoms with Gasteiger partial charge in [-0.3, -0.25) is 4.79 Å². The lowest BCUT2D eigenvalue weighted by Crippen LogP contribution is -2.38. The van der Waals surface area contributed by atoms with Crippen molar-refractivity contribution in [2.75, 3.05) is 16.8 Å². The third-order valence-electron chi connectivity index (χ3n) is 4.16. The van der Waals surface area contributed by atoms with Crippen molar-refractivity contribution in [3.05, 3.63) is 29.8 Å². The van der Waals surface area contributed by atoms with Crippen molar-refractivity contribution in [1.82, 2.24) is 4.98 Å². The number of carboxylic acid groups (broad SMARTS) is 1. The summed E-state index contributed by atoms with van der Waals surface area (Å²) in [5.74, 6) is -0.814. The number of carbonyl (C=O) groups is 2. The first kappa shape index (κ1) is 12.1. The van der Waals surface area contributed by atoms with Crippen molar-refractivity contribution in [1.29, 1.82) is 0 Å². The summed E-state index contributed by atoms with van der Waals surface area (Å²) in [6.07, 6.45) is 1.59. The Morgan fingerprint density at radius 2 is 2.19 bits per heavy atom. The van der Waals surface area contributed by atoms with Crippen LogP contribution >= 0.6 is 0 Å². The lowest BCUT2D eigenvalue weighted by atomic mass is 10.1. The predicted octanol–water partition coefficient (Wildman–Crippen LogP) is 1.85. The molecule has 2 N–H and O–H groups in total. The fourth-order valence-electron chi connectivity index (χ4n) is 3.24. The molecule has 106 valence electrons. The molecule has 1 aromatic heterocycles. The van der Waals surface area contributed by atoms with Gasteiger partial charge in [0.25, 0.3) is 0 Å². The third-order valence-corrected chi connectivity index (χ3v) is 4.16. The van der Waals surface area contributed by atoms with Gasteiger partial charge in [0, 0.05) is 11.9 Å². The molecule has 2 aromatic rings. The van der Waals surface area contributed by atoms with Crippen LogP contribution in [0.15, 0.2) is 24.3 Å². The number of nitrogens with zero attached hydrogens (tertiary/aromatic N) is 2. The summed E-state index contributed by atoms with van der Waals surface area (Å²) in [7, 11) is 0. The molecule has 0 saturated carbocycles. The van der Waals surface area contributed by atoms with Crippen molar-refractivity contribution in [3.8, 4) is 0 Å². The van der Waals surface area contributed by atoms with Crippen LogP contribution in [0.1, 0.15) is 23.2 Å². The highest BCUT2D eigenvalue weighted by molar-refractivity contribution is 6.15. The average molecular weight is 283 g/mol. The van der Waals surface area contributed by atoms with Crippen molar-refractivity contribution in [2.45, 2.75) is 18.9 Å². The number of carbonyl (C=O) groups excluding carboxylic acids is 1. The number of benzene rings is 1. The SMILES string of the molecule is O=C(O)c1c2nc3ccccc3c1NC(=O)C1CCCN21. The van der Waals surface area contributed by atoms with E-state index in [1.807, 2.05) is 23.1 Å². The molecule has 2 aliphatic heterocycles. The molecular weight excluding hydrogens is 270 g/mol. The van der Waals surface area contributed by atoms with Gasteiger partial charge in [0.1, 0.15) is 17.4 Å². The lowest BCUT2D eigenvalue weighted by Gasteiger charge is -2.22. The fourth-order valence-corrected chi connectivity index (χ4v) is 3.24. The number of carboxylic acids is 1. The molecule has 0 aliphatic carbocycles. The van der Waals surface area contributed by atoms with E-state index in [2.05, 4.69) is 10.3 Å². The Morgan fingerprint density at radius 1 is 1.38 bits per heavy atom. The zero-order valence-corrected chi connectivity index (χ0v) is 11.2. The molecule has 3 heterocycles. The number of anilines is 2. The third kappa shape index (κ3) is 1.62. The maximum absolute atomic E-state index is 12.4. The van der Waals surface area contributed by atoms with Gasteiger partial charge in [-0.15, -0.1) is 0 Å². The number of amides is 1. The summed E-state index contributed by atoms with van der Waals surface area (Å²) in [6.45, 7) is 0.656. The molecule has 2 aliphatic rings. The Morgan fingerprint density at radius 3 is 3.00 bits per heavy atom. The summed E-state index contributed by atoms with van der Waals surface area (Å²) in [5.41, 5.74) is 1.15. The van der Waals surface area contributed by atoms with Gasteiger partial charge in [0.15, 0.2) is 0 Å². The minimum absolute atomic E-state index is 0.0893. The van der Waals surface area contributed by atoms with E-state index in [0.29, 0.717) is 29.0 Å². The smallest absolute Gasteiger partial charge is 0.341 e. The van der Waals surface area contributed by atoms with E-state index in [4.69, 9.17) is 0 Å². The second-order valence-electron chi connectivity index (χ2n) is 5.35. The summed E-state index contributed by atoms with van der Waals surface area (Å²) < 4.78 is 0. The van der Waals surface area contributed by atoms with E-state index in [1.165, 1.54) is 0 Å². The van der Waals surface area contributed by atoms with Gasteiger partial charge in [-0.05, 0) is 18.9 Å². The van der Waals surface area contributed by atoms with Gasteiger partial charge in [0.2, 0.25) is 5.91 Å². The molecule has 4 rings (SSSR count). The summed E-state index contributed by atoms with van der Waals surface area (Å²) in [6, 6.07) is 6.94. The van der Waals surface area contributed by atoms with Crippen molar-refractivity contribution in [2.24, 2.45) is 0 Å². The minimum Gasteiger partial charge on any atom is -0.477 e. The van der Waals surface area contributed by atoms with Gasteiger partial charge in [-0.1, -0.05) is 18.2 Å². The molecular formula is C15H13N3O3. The molecule has 21 heavy (non-hydrogen) atoms. The number of nitrogens with one attached hydrogen (secondary N) is 1. The average Bonchev–Trinajstić information content (AvgIpc) is 2.92. The van der Waals surface area contributed by atoms with Crippen LogP contribution in [0.2, 0.25) is 0 Å². The van der Waals surface area contributed by atoms with Crippen LogP contribution in [0.4, 0.5) is 11.5 Å². The summed E-state index contributed by atoms with van der Waals surface area (Å²) in [5, 5.41) is 13.1. The molecule has 2 bridgehead atoms. The number of aromatic carboxylic acids is 1. The highest BCUT2D eigenvalue weighted by atomic mass is 16.4. The molecule has 1 aromatic carbocycles. The molecule has 1 amide bonds. The van der Waals surface area contributed by atoms with Crippen LogP contribution in [-0.4, -0.2) is 34.6 Å². The summed E-state index contributed by atoms with van der Waals surface area (Å²) >= 11 is 0. The van der Waals surface area contributed by atoms with E-state index < -0.39 is 5.97 Å². The van der Waals surface area contributed by atoms with Crippen LogP contribution < -0.4 is 10.2 Å². The van der Waals surface area contributed by atoms with Crippen molar-refractivity contribution < 1.29 is 14.7 Å². The van der Waals surface area contributed by atoms with Gasteiger partial charge < -0.3 is 15.3 Å². The highest BCUT2D eigenvalue weighted by Crippen LogP contribution is 2.39. The predicted molar refractivity (Wildman–Crippen MR) is 77.7 cm³/mol. The topological polar surface area (TPSA) is 82.5 Å². The number of fused-ring (bicyclic) bond motifs is 6. The monoisotopic (exact) mass is 283 g/mol. The standard InChI is InChI=1S/C15H13N3O3/c19-14-10-6-3-7-18(10)13-11(15(20)21)12(17-14)8-4-1-2-5-9(8)16-13/h1-2,4-5,10H,3,6-7H2,(H,17,19)(H,20,21). The van der Waals surface area contributed by atoms with Crippen LogP contribution in [0.5, 0.6) is 0 Å². The molecule has 1 saturated heterocycles. The molecule has 1 fully saturated rings. The number of pyridine rings is 1. The zero-order chi connectivity index (χ0) is 14.6. The Kier molecular flexibility index (Phi) is 2.42.